The van der Waals surface area contributed by atoms with Crippen LogP contribution in [0, 0.1) is 0 Å². The molecule has 0 unspecified atom stereocenters. The zero-order valence-corrected chi connectivity index (χ0v) is 18.0. The Hall–Kier alpha value is -3.40. The van der Waals surface area contributed by atoms with Gasteiger partial charge in [-0.1, -0.05) is 36.4 Å². The standard InChI is InChI=1S/C22H23FN4O4S/c23-15-12-16(10-11-32(30,31)17-6-2-1-3-7-17)26(13-15)22(29)25-19-14-27(21(24)28)20-9-5-4-8-18(19)20/h1-9,14-16H,10-13H2,(H2,24,28)(H,25,29)/t15-,16-/m1/s1. The number of rotatable bonds is 5. The first-order valence-corrected chi connectivity index (χ1v) is 11.8. The first-order chi connectivity index (χ1) is 15.3. The predicted molar refractivity (Wildman–Crippen MR) is 119 cm³/mol. The number of amides is 3. The molecule has 3 aromatic rings. The lowest BCUT2D eigenvalue weighted by molar-refractivity contribution is 0.203. The highest BCUT2D eigenvalue weighted by Gasteiger charge is 2.36. The minimum absolute atomic E-state index is 0.0702. The maximum Gasteiger partial charge on any atom is 0.323 e. The molecule has 4 rings (SSSR count). The van der Waals surface area contributed by atoms with Gasteiger partial charge in [0, 0.05) is 24.0 Å². The van der Waals surface area contributed by atoms with Crippen LogP contribution in [0.3, 0.4) is 0 Å². The highest BCUT2D eigenvalue weighted by Crippen LogP contribution is 2.29. The molecule has 0 aliphatic carbocycles. The summed E-state index contributed by atoms with van der Waals surface area (Å²) in [5.74, 6) is -0.195. The molecule has 0 saturated carbocycles. The number of halogens is 1. The second-order valence-electron chi connectivity index (χ2n) is 7.76. The summed E-state index contributed by atoms with van der Waals surface area (Å²) in [7, 11) is -3.54. The molecule has 2 aromatic carbocycles. The summed E-state index contributed by atoms with van der Waals surface area (Å²) in [6, 6.07) is 13.1. The van der Waals surface area contributed by atoms with Crippen molar-refractivity contribution in [3.8, 4) is 0 Å². The first kappa shape index (κ1) is 21.8. The van der Waals surface area contributed by atoms with Crippen LogP contribution < -0.4 is 11.1 Å². The third-order valence-corrected chi connectivity index (χ3v) is 7.40. The molecule has 1 saturated heterocycles. The van der Waals surface area contributed by atoms with Crippen molar-refractivity contribution in [3.63, 3.8) is 0 Å². The van der Waals surface area contributed by atoms with E-state index in [4.69, 9.17) is 5.73 Å². The average molecular weight is 459 g/mol. The molecular formula is C22H23FN4O4S. The molecule has 0 spiro atoms. The number of nitrogens with zero attached hydrogens (tertiary/aromatic N) is 2. The van der Waals surface area contributed by atoms with Crippen molar-refractivity contribution in [1.29, 1.82) is 0 Å². The summed E-state index contributed by atoms with van der Waals surface area (Å²) in [6.45, 7) is -0.129. The summed E-state index contributed by atoms with van der Waals surface area (Å²) in [5.41, 5.74) is 6.31. The fourth-order valence-corrected chi connectivity index (χ4v) is 5.46. The van der Waals surface area contributed by atoms with Gasteiger partial charge < -0.3 is 16.0 Å². The Kier molecular flexibility index (Phi) is 5.88. The number of urea groups is 1. The minimum atomic E-state index is -3.54. The molecule has 0 radical (unpaired) electrons. The van der Waals surface area contributed by atoms with Crippen LogP contribution in [0.4, 0.5) is 19.7 Å². The lowest BCUT2D eigenvalue weighted by Crippen LogP contribution is -2.39. The van der Waals surface area contributed by atoms with Gasteiger partial charge in [-0.2, -0.15) is 0 Å². The number of para-hydroxylation sites is 1. The molecule has 2 heterocycles. The summed E-state index contributed by atoms with van der Waals surface area (Å²) in [5, 5.41) is 3.33. The number of likely N-dealkylation sites (tertiary alicyclic amines) is 1. The quantitative estimate of drug-likeness (QED) is 0.610. The van der Waals surface area contributed by atoms with Crippen LogP contribution >= 0.6 is 0 Å². The number of aromatic nitrogens is 1. The zero-order chi connectivity index (χ0) is 22.9. The molecule has 1 aliphatic rings. The second-order valence-corrected chi connectivity index (χ2v) is 9.87. The first-order valence-electron chi connectivity index (χ1n) is 10.2. The molecule has 2 atom stereocenters. The number of benzene rings is 2. The Bertz CT molecular complexity index is 1260. The fourth-order valence-electron chi connectivity index (χ4n) is 4.07. The van der Waals surface area contributed by atoms with Crippen LogP contribution in [0.25, 0.3) is 10.9 Å². The fraction of sp³-hybridized carbons (Fsp3) is 0.273. The molecular weight excluding hydrogens is 435 g/mol. The van der Waals surface area contributed by atoms with E-state index >= 15 is 0 Å². The Morgan fingerprint density at radius 2 is 1.78 bits per heavy atom. The van der Waals surface area contributed by atoms with E-state index in [0.29, 0.717) is 16.6 Å². The molecule has 1 fully saturated rings. The van der Waals surface area contributed by atoms with Gasteiger partial charge in [0.25, 0.3) is 0 Å². The molecule has 32 heavy (non-hydrogen) atoms. The van der Waals surface area contributed by atoms with Gasteiger partial charge in [-0.25, -0.2) is 22.4 Å². The van der Waals surface area contributed by atoms with E-state index in [0.717, 1.165) is 0 Å². The smallest absolute Gasteiger partial charge is 0.323 e. The zero-order valence-electron chi connectivity index (χ0n) is 17.1. The number of carbonyl (C=O) groups is 2. The van der Waals surface area contributed by atoms with Gasteiger partial charge in [0.15, 0.2) is 9.84 Å². The van der Waals surface area contributed by atoms with E-state index in [-0.39, 0.29) is 30.0 Å². The molecule has 0 bridgehead atoms. The van der Waals surface area contributed by atoms with Crippen LogP contribution in [0.2, 0.25) is 0 Å². The summed E-state index contributed by atoms with van der Waals surface area (Å²) in [6.07, 6.45) is 0.370. The number of hydrogen-bond acceptors (Lipinski definition) is 4. The number of fused-ring (bicyclic) bond motifs is 1. The van der Waals surface area contributed by atoms with Gasteiger partial charge in [0.1, 0.15) is 6.17 Å². The van der Waals surface area contributed by atoms with Crippen molar-refractivity contribution >= 4 is 38.5 Å². The van der Waals surface area contributed by atoms with E-state index in [1.54, 1.807) is 42.5 Å². The second kappa shape index (κ2) is 8.62. The van der Waals surface area contributed by atoms with Crippen LogP contribution in [0.5, 0.6) is 0 Å². The lowest BCUT2D eigenvalue weighted by Gasteiger charge is -2.24. The Morgan fingerprint density at radius 1 is 1.09 bits per heavy atom. The van der Waals surface area contributed by atoms with Gasteiger partial charge >= 0.3 is 12.1 Å². The normalized spacial score (nSPS) is 18.7. The number of alkyl halides is 1. The van der Waals surface area contributed by atoms with Crippen molar-refractivity contribution < 1.29 is 22.4 Å². The Morgan fingerprint density at radius 3 is 2.50 bits per heavy atom. The van der Waals surface area contributed by atoms with Crippen molar-refractivity contribution in [2.24, 2.45) is 5.73 Å². The average Bonchev–Trinajstić information content (AvgIpc) is 3.34. The van der Waals surface area contributed by atoms with Gasteiger partial charge in [-0.3, -0.25) is 4.57 Å². The summed E-state index contributed by atoms with van der Waals surface area (Å²) >= 11 is 0. The highest BCUT2D eigenvalue weighted by molar-refractivity contribution is 7.91. The number of carbonyl (C=O) groups excluding carboxylic acids is 2. The van der Waals surface area contributed by atoms with Gasteiger partial charge in [0.05, 0.1) is 28.4 Å². The van der Waals surface area contributed by atoms with E-state index < -0.39 is 34.1 Å². The predicted octanol–water partition coefficient (Wildman–Crippen LogP) is 3.38. The third kappa shape index (κ3) is 4.31. The van der Waals surface area contributed by atoms with Crippen molar-refractivity contribution in [3.05, 3.63) is 60.8 Å². The third-order valence-electron chi connectivity index (χ3n) is 5.64. The molecule has 168 valence electrons. The van der Waals surface area contributed by atoms with Crippen molar-refractivity contribution in [1.82, 2.24) is 9.47 Å². The molecule has 8 nitrogen and oxygen atoms in total. The SMILES string of the molecule is NC(=O)n1cc(NC(=O)N2C[C@H](F)C[C@H]2CCS(=O)(=O)c2ccccc2)c2ccccc21. The monoisotopic (exact) mass is 458 g/mol. The largest absolute Gasteiger partial charge is 0.351 e. The number of nitrogens with two attached hydrogens (primary N) is 1. The van der Waals surface area contributed by atoms with Crippen molar-refractivity contribution in [2.45, 2.75) is 30.0 Å². The van der Waals surface area contributed by atoms with Crippen LogP contribution in [-0.4, -0.2) is 54.5 Å². The number of nitrogens with one attached hydrogen (secondary N) is 1. The Balaban J connectivity index is 1.51. The highest BCUT2D eigenvalue weighted by atomic mass is 32.2. The Labute approximate surface area is 184 Å². The van der Waals surface area contributed by atoms with Gasteiger partial charge in [0.2, 0.25) is 0 Å². The lowest BCUT2D eigenvalue weighted by atomic mass is 10.1. The molecule has 3 amide bonds. The number of hydrogen-bond donors (Lipinski definition) is 2. The van der Waals surface area contributed by atoms with E-state index in [1.165, 1.54) is 27.8 Å². The van der Waals surface area contributed by atoms with Crippen LogP contribution in [-0.2, 0) is 9.84 Å². The van der Waals surface area contributed by atoms with E-state index in [9.17, 15) is 22.4 Å². The van der Waals surface area contributed by atoms with E-state index in [2.05, 4.69) is 5.32 Å². The van der Waals surface area contributed by atoms with Gasteiger partial charge in [-0.05, 0) is 24.6 Å². The number of sulfone groups is 1. The maximum atomic E-state index is 14.2. The van der Waals surface area contributed by atoms with Gasteiger partial charge in [-0.15, -0.1) is 0 Å². The maximum absolute atomic E-state index is 14.2. The molecule has 1 aromatic heterocycles. The topological polar surface area (TPSA) is 114 Å². The van der Waals surface area contributed by atoms with Crippen LogP contribution in [0.1, 0.15) is 12.8 Å². The van der Waals surface area contributed by atoms with E-state index in [1.807, 2.05) is 0 Å². The molecule has 10 heteroatoms. The number of primary amides is 1. The molecule has 1 aliphatic heterocycles. The summed E-state index contributed by atoms with van der Waals surface area (Å²) in [4.78, 5) is 26.2. The summed E-state index contributed by atoms with van der Waals surface area (Å²) < 4.78 is 40.6. The minimum Gasteiger partial charge on any atom is -0.351 e. The number of anilines is 1. The van der Waals surface area contributed by atoms with Crippen molar-refractivity contribution in [2.75, 3.05) is 17.6 Å². The molecule has 3 N–H and O–H groups in total. The van der Waals surface area contributed by atoms with Crippen LogP contribution in [0.15, 0.2) is 65.7 Å².